The van der Waals surface area contributed by atoms with Crippen LogP contribution >= 0.6 is 0 Å². The van der Waals surface area contributed by atoms with Gasteiger partial charge in [-0.2, -0.15) is 5.21 Å². The molecule has 0 saturated heterocycles. The first kappa shape index (κ1) is 13.0. The number of ether oxygens (including phenoxy) is 1. The van der Waals surface area contributed by atoms with E-state index in [2.05, 4.69) is 20.6 Å². The third-order valence-electron chi connectivity index (χ3n) is 2.97. The third kappa shape index (κ3) is 2.54. The highest BCUT2D eigenvalue weighted by molar-refractivity contribution is 5.96. The lowest BCUT2D eigenvalue weighted by atomic mass is 10.1. The molecule has 7 nitrogen and oxygen atoms in total. The number of para-hydroxylation sites is 1. The first-order chi connectivity index (χ1) is 9.15. The minimum Gasteiger partial charge on any atom is -0.496 e. The zero-order valence-corrected chi connectivity index (χ0v) is 11.0. The van der Waals surface area contributed by atoms with Gasteiger partial charge >= 0.3 is 0 Å². The van der Waals surface area contributed by atoms with E-state index in [4.69, 9.17) is 4.74 Å². The maximum Gasteiger partial charge on any atom is 0.257 e. The van der Waals surface area contributed by atoms with Gasteiger partial charge in [0.2, 0.25) is 0 Å². The van der Waals surface area contributed by atoms with Crippen molar-refractivity contribution in [3.05, 3.63) is 35.7 Å². The van der Waals surface area contributed by atoms with E-state index in [1.54, 1.807) is 30.1 Å². The number of methoxy groups -OCH3 is 1. The van der Waals surface area contributed by atoms with Gasteiger partial charge in [-0.25, -0.2) is 0 Å². The van der Waals surface area contributed by atoms with E-state index in [1.165, 1.54) is 7.11 Å². The molecule has 100 valence electrons. The molecule has 0 radical (unpaired) electrons. The fraction of sp³-hybridized carbons (Fsp3) is 0.333. The molecule has 1 amide bonds. The summed E-state index contributed by atoms with van der Waals surface area (Å²) in [7, 11) is 3.23. The summed E-state index contributed by atoms with van der Waals surface area (Å²) in [6, 6.07) is 6.80. The maximum absolute atomic E-state index is 12.4. The number of aromatic nitrogens is 4. The summed E-state index contributed by atoms with van der Waals surface area (Å²) < 4.78 is 5.19. The number of nitrogens with one attached hydrogen (secondary N) is 1. The van der Waals surface area contributed by atoms with Crippen LogP contribution in [-0.2, 0) is 0 Å². The molecule has 1 heterocycles. The highest BCUT2D eigenvalue weighted by Crippen LogP contribution is 2.22. The number of carbonyl (C=O) groups excluding carboxylic acids is 1. The predicted molar refractivity (Wildman–Crippen MR) is 67.7 cm³/mol. The standard InChI is InChI=1S/C12H15N5O2/c1-8(11-13-15-16-14-11)17(2)12(18)9-6-4-5-7-10(9)19-3/h4-8H,1-3H3,(H,13,14,15,16). The Morgan fingerprint density at radius 2 is 2.16 bits per heavy atom. The molecule has 0 aliphatic rings. The van der Waals surface area contributed by atoms with Crippen molar-refractivity contribution in [1.82, 2.24) is 25.5 Å². The Kier molecular flexibility index (Phi) is 3.74. The van der Waals surface area contributed by atoms with Crippen molar-refractivity contribution in [2.75, 3.05) is 14.2 Å². The predicted octanol–water partition coefficient (Wildman–Crippen LogP) is 1.04. The molecule has 1 aromatic carbocycles. The smallest absolute Gasteiger partial charge is 0.257 e. The third-order valence-corrected chi connectivity index (χ3v) is 2.97. The maximum atomic E-state index is 12.4. The summed E-state index contributed by atoms with van der Waals surface area (Å²) >= 11 is 0. The van der Waals surface area contributed by atoms with Crippen molar-refractivity contribution in [2.24, 2.45) is 0 Å². The van der Waals surface area contributed by atoms with E-state index < -0.39 is 0 Å². The summed E-state index contributed by atoms with van der Waals surface area (Å²) in [5.41, 5.74) is 0.503. The van der Waals surface area contributed by atoms with E-state index in [0.717, 1.165) is 0 Å². The Bertz CT molecular complexity index is 555. The lowest BCUT2D eigenvalue weighted by Crippen LogP contribution is -2.30. The lowest BCUT2D eigenvalue weighted by Gasteiger charge is -2.23. The number of benzene rings is 1. The number of nitrogens with zero attached hydrogens (tertiary/aromatic N) is 4. The minimum atomic E-state index is -0.281. The highest BCUT2D eigenvalue weighted by Gasteiger charge is 2.23. The van der Waals surface area contributed by atoms with Crippen LogP contribution in [0.1, 0.15) is 29.1 Å². The molecule has 1 unspecified atom stereocenters. The average Bonchev–Trinajstić information content (AvgIpc) is 2.99. The molecule has 7 heteroatoms. The molecule has 1 aromatic heterocycles. The topological polar surface area (TPSA) is 84.0 Å². The second-order valence-electron chi connectivity index (χ2n) is 4.06. The van der Waals surface area contributed by atoms with Crippen molar-refractivity contribution >= 4 is 5.91 Å². The van der Waals surface area contributed by atoms with E-state index in [9.17, 15) is 4.79 Å². The monoisotopic (exact) mass is 261 g/mol. The van der Waals surface area contributed by atoms with Crippen LogP contribution in [0.15, 0.2) is 24.3 Å². The lowest BCUT2D eigenvalue weighted by molar-refractivity contribution is 0.0733. The first-order valence-corrected chi connectivity index (χ1v) is 5.78. The normalized spacial score (nSPS) is 11.9. The number of tetrazole rings is 1. The fourth-order valence-electron chi connectivity index (χ4n) is 1.71. The van der Waals surface area contributed by atoms with Gasteiger partial charge in [0.05, 0.1) is 18.7 Å². The zero-order valence-electron chi connectivity index (χ0n) is 11.0. The number of amides is 1. The molecule has 2 aromatic rings. The summed E-state index contributed by atoms with van der Waals surface area (Å²) in [5.74, 6) is 0.847. The van der Waals surface area contributed by atoms with Gasteiger partial charge in [-0.1, -0.05) is 17.3 Å². The van der Waals surface area contributed by atoms with Crippen LogP contribution in [0.25, 0.3) is 0 Å². The Morgan fingerprint density at radius 1 is 1.42 bits per heavy atom. The Labute approximate surface area is 110 Å². The molecule has 0 bridgehead atoms. The van der Waals surface area contributed by atoms with Gasteiger partial charge < -0.3 is 9.64 Å². The van der Waals surface area contributed by atoms with Crippen LogP contribution in [0, 0.1) is 0 Å². The summed E-state index contributed by atoms with van der Waals surface area (Å²) in [4.78, 5) is 14.0. The van der Waals surface area contributed by atoms with E-state index in [1.807, 2.05) is 13.0 Å². The van der Waals surface area contributed by atoms with Crippen molar-refractivity contribution in [3.8, 4) is 5.75 Å². The van der Waals surface area contributed by atoms with Crippen LogP contribution in [0.2, 0.25) is 0 Å². The molecular weight excluding hydrogens is 246 g/mol. The molecule has 19 heavy (non-hydrogen) atoms. The molecular formula is C12H15N5O2. The van der Waals surface area contributed by atoms with Gasteiger partial charge in [0.1, 0.15) is 5.75 Å². The van der Waals surface area contributed by atoms with Crippen molar-refractivity contribution in [2.45, 2.75) is 13.0 Å². The van der Waals surface area contributed by atoms with Gasteiger partial charge in [-0.05, 0) is 19.1 Å². The van der Waals surface area contributed by atoms with E-state index in [0.29, 0.717) is 17.1 Å². The van der Waals surface area contributed by atoms with Crippen molar-refractivity contribution < 1.29 is 9.53 Å². The number of rotatable bonds is 4. The van der Waals surface area contributed by atoms with Crippen LogP contribution < -0.4 is 4.74 Å². The number of aromatic amines is 1. The first-order valence-electron chi connectivity index (χ1n) is 5.78. The minimum absolute atomic E-state index is 0.158. The molecule has 0 aliphatic heterocycles. The SMILES string of the molecule is COc1ccccc1C(=O)N(C)C(C)c1nn[nH]n1. The molecule has 0 saturated carbocycles. The van der Waals surface area contributed by atoms with Gasteiger partial charge in [0, 0.05) is 7.05 Å². The Hall–Kier alpha value is -2.44. The Morgan fingerprint density at radius 3 is 2.79 bits per heavy atom. The Balaban J connectivity index is 2.24. The summed E-state index contributed by atoms with van der Waals surface area (Å²) in [5, 5.41) is 13.6. The van der Waals surface area contributed by atoms with E-state index >= 15 is 0 Å². The van der Waals surface area contributed by atoms with Crippen molar-refractivity contribution in [1.29, 1.82) is 0 Å². The number of hydrogen-bond donors (Lipinski definition) is 1. The fourth-order valence-corrected chi connectivity index (χ4v) is 1.71. The number of carbonyl (C=O) groups is 1. The number of H-pyrrole nitrogens is 1. The largest absolute Gasteiger partial charge is 0.496 e. The van der Waals surface area contributed by atoms with Gasteiger partial charge in [-0.3, -0.25) is 4.79 Å². The van der Waals surface area contributed by atoms with Gasteiger partial charge in [0.15, 0.2) is 5.82 Å². The van der Waals surface area contributed by atoms with Crippen LogP contribution in [-0.4, -0.2) is 45.6 Å². The van der Waals surface area contributed by atoms with Crippen LogP contribution in [0.5, 0.6) is 5.75 Å². The second-order valence-corrected chi connectivity index (χ2v) is 4.06. The van der Waals surface area contributed by atoms with Gasteiger partial charge in [-0.15, -0.1) is 10.2 Å². The van der Waals surface area contributed by atoms with Crippen LogP contribution in [0.3, 0.4) is 0 Å². The number of hydrogen-bond acceptors (Lipinski definition) is 5. The molecule has 1 N–H and O–H groups in total. The van der Waals surface area contributed by atoms with E-state index in [-0.39, 0.29) is 11.9 Å². The molecule has 1 atom stereocenters. The average molecular weight is 261 g/mol. The second kappa shape index (κ2) is 5.47. The summed E-state index contributed by atoms with van der Waals surface area (Å²) in [6.07, 6.45) is 0. The molecule has 0 aliphatic carbocycles. The summed E-state index contributed by atoms with van der Waals surface area (Å²) in [6.45, 7) is 1.83. The molecule has 2 rings (SSSR count). The zero-order chi connectivity index (χ0) is 13.8. The molecule has 0 spiro atoms. The highest BCUT2D eigenvalue weighted by atomic mass is 16.5. The van der Waals surface area contributed by atoms with Gasteiger partial charge in [0.25, 0.3) is 5.91 Å². The molecule has 0 fully saturated rings. The van der Waals surface area contributed by atoms with Crippen molar-refractivity contribution in [3.63, 3.8) is 0 Å². The quantitative estimate of drug-likeness (QED) is 0.889. The van der Waals surface area contributed by atoms with Crippen LogP contribution in [0.4, 0.5) is 0 Å².